The summed E-state index contributed by atoms with van der Waals surface area (Å²) in [7, 11) is 0. The third-order valence-electron chi connectivity index (χ3n) is 3.07. The van der Waals surface area contributed by atoms with Crippen molar-refractivity contribution < 1.29 is 4.74 Å². The van der Waals surface area contributed by atoms with Gasteiger partial charge in [0.1, 0.15) is 18.5 Å². The van der Waals surface area contributed by atoms with Crippen molar-refractivity contribution in [2.24, 2.45) is 5.73 Å². The fourth-order valence-electron chi connectivity index (χ4n) is 2.16. The molecule has 4 nitrogen and oxygen atoms in total. The molecule has 0 saturated heterocycles. The Balaban J connectivity index is 1.85. The number of benzene rings is 1. The van der Waals surface area contributed by atoms with Crippen molar-refractivity contribution in [2.75, 3.05) is 0 Å². The molecule has 0 radical (unpaired) electrons. The Labute approximate surface area is 100 Å². The Morgan fingerprint density at radius 2 is 2.18 bits per heavy atom. The molecular weight excluding hydrogens is 214 g/mol. The normalized spacial score (nSPS) is 19.0. The second-order valence-corrected chi connectivity index (χ2v) is 4.22. The number of nitrogens with zero attached hydrogens (tertiary/aromatic N) is 2. The summed E-state index contributed by atoms with van der Waals surface area (Å²) in [6, 6.07) is 10.3. The molecule has 4 heteroatoms. The van der Waals surface area contributed by atoms with E-state index < -0.39 is 0 Å². The van der Waals surface area contributed by atoms with Crippen LogP contribution in [0, 0.1) is 0 Å². The highest BCUT2D eigenvalue weighted by Crippen LogP contribution is 2.25. The number of aromatic nitrogens is 2. The lowest BCUT2D eigenvalue weighted by Crippen LogP contribution is -2.20. The number of rotatable bonds is 2. The first-order valence-electron chi connectivity index (χ1n) is 5.78. The van der Waals surface area contributed by atoms with Crippen LogP contribution in [0.25, 0.3) is 0 Å². The first-order valence-corrected chi connectivity index (χ1v) is 5.78. The molecule has 2 heterocycles. The molecular formula is C13H15N3O. The largest absolute Gasteiger partial charge is 0.364 e. The maximum Gasteiger partial charge on any atom is 0.135 e. The van der Waals surface area contributed by atoms with Gasteiger partial charge in [-0.1, -0.05) is 30.3 Å². The van der Waals surface area contributed by atoms with Gasteiger partial charge in [-0.05, 0) is 5.56 Å². The Morgan fingerprint density at radius 1 is 1.35 bits per heavy atom. The SMILES string of the molecule is NCc1cn2c(n1)CO[C@@H](c1ccccc1)C2. The van der Waals surface area contributed by atoms with Gasteiger partial charge in [0.25, 0.3) is 0 Å². The lowest BCUT2D eigenvalue weighted by atomic mass is 10.1. The van der Waals surface area contributed by atoms with Crippen molar-refractivity contribution in [3.8, 4) is 0 Å². The molecule has 17 heavy (non-hydrogen) atoms. The summed E-state index contributed by atoms with van der Waals surface area (Å²) in [6.07, 6.45) is 2.14. The van der Waals surface area contributed by atoms with Crippen molar-refractivity contribution in [1.29, 1.82) is 0 Å². The number of imidazole rings is 1. The highest BCUT2D eigenvalue weighted by Gasteiger charge is 2.21. The molecule has 0 amide bonds. The van der Waals surface area contributed by atoms with Crippen LogP contribution in [-0.4, -0.2) is 9.55 Å². The molecule has 0 unspecified atom stereocenters. The first-order chi connectivity index (χ1) is 8.36. The molecule has 1 aromatic heterocycles. The highest BCUT2D eigenvalue weighted by molar-refractivity contribution is 5.19. The van der Waals surface area contributed by atoms with Crippen LogP contribution in [0.4, 0.5) is 0 Å². The van der Waals surface area contributed by atoms with Gasteiger partial charge in [0.05, 0.1) is 12.2 Å². The topological polar surface area (TPSA) is 53.1 Å². The van der Waals surface area contributed by atoms with Crippen LogP contribution in [-0.2, 0) is 24.4 Å². The minimum atomic E-state index is 0.114. The van der Waals surface area contributed by atoms with Crippen molar-refractivity contribution in [3.05, 3.63) is 53.6 Å². The third-order valence-corrected chi connectivity index (χ3v) is 3.07. The Morgan fingerprint density at radius 3 is 2.94 bits per heavy atom. The molecule has 3 rings (SSSR count). The predicted octanol–water partition coefficient (Wildman–Crippen LogP) is 1.61. The van der Waals surface area contributed by atoms with Gasteiger partial charge in [0.2, 0.25) is 0 Å². The highest BCUT2D eigenvalue weighted by atomic mass is 16.5. The molecule has 2 aromatic rings. The van der Waals surface area contributed by atoms with Gasteiger partial charge in [-0.2, -0.15) is 0 Å². The van der Waals surface area contributed by atoms with E-state index in [2.05, 4.69) is 21.7 Å². The number of hydrogen-bond acceptors (Lipinski definition) is 3. The van der Waals surface area contributed by atoms with Gasteiger partial charge < -0.3 is 15.0 Å². The zero-order chi connectivity index (χ0) is 11.7. The number of nitrogens with two attached hydrogens (primary N) is 1. The van der Waals surface area contributed by atoms with E-state index in [4.69, 9.17) is 10.5 Å². The molecule has 1 aliphatic heterocycles. The van der Waals surface area contributed by atoms with Gasteiger partial charge >= 0.3 is 0 Å². The monoisotopic (exact) mass is 229 g/mol. The quantitative estimate of drug-likeness (QED) is 0.851. The van der Waals surface area contributed by atoms with E-state index >= 15 is 0 Å². The van der Waals surface area contributed by atoms with Crippen LogP contribution >= 0.6 is 0 Å². The second kappa shape index (κ2) is 4.31. The summed E-state index contributed by atoms with van der Waals surface area (Å²) in [6.45, 7) is 1.85. The van der Waals surface area contributed by atoms with Crippen LogP contribution in [0.1, 0.15) is 23.2 Å². The summed E-state index contributed by atoms with van der Waals surface area (Å²) in [5.41, 5.74) is 7.73. The van der Waals surface area contributed by atoms with Gasteiger partial charge in [-0.25, -0.2) is 4.98 Å². The Bertz CT molecular complexity index is 507. The molecule has 0 fully saturated rings. The minimum Gasteiger partial charge on any atom is -0.364 e. The standard InChI is InChI=1S/C13H15N3O/c14-6-11-7-16-8-12(17-9-13(16)15-11)10-4-2-1-3-5-10/h1-5,7,12H,6,8-9,14H2/t12-/m1/s1. The van der Waals surface area contributed by atoms with E-state index in [-0.39, 0.29) is 6.10 Å². The minimum absolute atomic E-state index is 0.114. The van der Waals surface area contributed by atoms with Gasteiger partial charge in [-0.15, -0.1) is 0 Å². The number of hydrogen-bond donors (Lipinski definition) is 1. The van der Waals surface area contributed by atoms with Crippen LogP contribution in [0.2, 0.25) is 0 Å². The van der Waals surface area contributed by atoms with E-state index in [1.165, 1.54) is 5.56 Å². The predicted molar refractivity (Wildman–Crippen MR) is 64.1 cm³/mol. The molecule has 0 bridgehead atoms. The lowest BCUT2D eigenvalue weighted by molar-refractivity contribution is 0.000486. The molecule has 2 N–H and O–H groups in total. The van der Waals surface area contributed by atoms with Crippen LogP contribution < -0.4 is 5.73 Å². The number of fused-ring (bicyclic) bond motifs is 1. The van der Waals surface area contributed by atoms with Gasteiger partial charge in [0, 0.05) is 12.7 Å². The Hall–Kier alpha value is -1.65. The van der Waals surface area contributed by atoms with Gasteiger partial charge in [-0.3, -0.25) is 0 Å². The zero-order valence-corrected chi connectivity index (χ0v) is 9.54. The average molecular weight is 229 g/mol. The molecule has 0 aliphatic carbocycles. The summed E-state index contributed by atoms with van der Waals surface area (Å²) < 4.78 is 7.97. The van der Waals surface area contributed by atoms with Crippen molar-refractivity contribution in [2.45, 2.75) is 25.8 Å². The molecule has 0 saturated carbocycles. The molecule has 0 spiro atoms. The van der Waals surface area contributed by atoms with E-state index in [0.717, 1.165) is 18.1 Å². The maximum absolute atomic E-state index is 5.82. The Kier molecular flexibility index (Phi) is 2.66. The summed E-state index contributed by atoms with van der Waals surface area (Å²) in [5.74, 6) is 0.970. The fraction of sp³-hybridized carbons (Fsp3) is 0.308. The summed E-state index contributed by atoms with van der Waals surface area (Å²) >= 11 is 0. The molecule has 1 aromatic carbocycles. The number of ether oxygens (including phenoxy) is 1. The van der Waals surface area contributed by atoms with Crippen molar-refractivity contribution in [3.63, 3.8) is 0 Å². The van der Waals surface area contributed by atoms with Crippen molar-refractivity contribution in [1.82, 2.24) is 9.55 Å². The van der Waals surface area contributed by atoms with Crippen molar-refractivity contribution >= 4 is 0 Å². The van der Waals surface area contributed by atoms with Crippen LogP contribution in [0.3, 0.4) is 0 Å². The van der Waals surface area contributed by atoms with E-state index in [9.17, 15) is 0 Å². The van der Waals surface area contributed by atoms with Gasteiger partial charge in [0.15, 0.2) is 0 Å². The summed E-state index contributed by atoms with van der Waals surface area (Å²) in [4.78, 5) is 4.41. The first kappa shape index (κ1) is 10.5. The zero-order valence-electron chi connectivity index (χ0n) is 9.54. The molecule has 1 aliphatic rings. The average Bonchev–Trinajstić information content (AvgIpc) is 2.81. The molecule has 1 atom stereocenters. The van der Waals surface area contributed by atoms with E-state index in [1.807, 2.05) is 24.4 Å². The maximum atomic E-state index is 5.82. The summed E-state index contributed by atoms with van der Waals surface area (Å²) in [5, 5.41) is 0. The van der Waals surface area contributed by atoms with Crippen LogP contribution in [0.15, 0.2) is 36.5 Å². The second-order valence-electron chi connectivity index (χ2n) is 4.22. The molecule has 88 valence electrons. The smallest absolute Gasteiger partial charge is 0.135 e. The fourth-order valence-corrected chi connectivity index (χ4v) is 2.16. The lowest BCUT2D eigenvalue weighted by Gasteiger charge is -2.24. The van der Waals surface area contributed by atoms with E-state index in [1.54, 1.807) is 0 Å². The van der Waals surface area contributed by atoms with Crippen LogP contribution in [0.5, 0.6) is 0 Å². The van der Waals surface area contributed by atoms with E-state index in [0.29, 0.717) is 13.2 Å². The third kappa shape index (κ3) is 1.97.